The second-order valence-corrected chi connectivity index (χ2v) is 5.22. The van der Waals surface area contributed by atoms with E-state index >= 15 is 0 Å². The molecule has 0 saturated carbocycles. The number of anilines is 2. The molecule has 7 heteroatoms. The van der Waals surface area contributed by atoms with Crippen molar-refractivity contribution in [3.63, 3.8) is 0 Å². The predicted octanol–water partition coefficient (Wildman–Crippen LogP) is 2.73. The average molecular weight is 298 g/mol. The number of hydrogen-bond acceptors (Lipinski definition) is 5. The Morgan fingerprint density at radius 3 is 2.95 bits per heavy atom. The van der Waals surface area contributed by atoms with Gasteiger partial charge in [0.15, 0.2) is 0 Å². The summed E-state index contributed by atoms with van der Waals surface area (Å²) in [5, 5.41) is 15.3. The fourth-order valence-electron chi connectivity index (χ4n) is 1.65. The van der Waals surface area contributed by atoms with Crippen molar-refractivity contribution >= 4 is 40.3 Å². The molecule has 4 N–H and O–H groups in total. The zero-order valence-corrected chi connectivity index (χ0v) is 11.5. The first-order valence-electron chi connectivity index (χ1n) is 5.52. The van der Waals surface area contributed by atoms with E-state index in [9.17, 15) is 4.79 Å². The molecule has 1 heterocycles. The first-order valence-corrected chi connectivity index (χ1v) is 6.78. The Hall–Kier alpha value is -1.79. The summed E-state index contributed by atoms with van der Waals surface area (Å²) >= 11 is 7.58. The molecule has 1 aromatic carbocycles. The zero-order chi connectivity index (χ0) is 13.8. The summed E-state index contributed by atoms with van der Waals surface area (Å²) in [4.78, 5) is 15.3. The molecule has 19 heavy (non-hydrogen) atoms. The number of nitrogen functional groups attached to an aromatic ring is 1. The highest BCUT2D eigenvalue weighted by molar-refractivity contribution is 7.09. The molecule has 0 spiro atoms. The summed E-state index contributed by atoms with van der Waals surface area (Å²) in [6.45, 7) is 0.553. The van der Waals surface area contributed by atoms with Crippen molar-refractivity contribution in [1.29, 1.82) is 0 Å². The van der Waals surface area contributed by atoms with Gasteiger partial charge in [-0.1, -0.05) is 11.6 Å². The van der Waals surface area contributed by atoms with E-state index in [2.05, 4.69) is 10.3 Å². The fourth-order valence-corrected chi connectivity index (χ4v) is 2.56. The molecule has 0 bridgehead atoms. The summed E-state index contributed by atoms with van der Waals surface area (Å²) in [6, 6.07) is 2.92. The molecule has 0 fully saturated rings. The maximum atomic E-state index is 11.2. The zero-order valence-electron chi connectivity index (χ0n) is 9.89. The highest BCUT2D eigenvalue weighted by Gasteiger charge is 2.14. The van der Waals surface area contributed by atoms with Crippen LogP contribution in [0.1, 0.15) is 15.4 Å². The van der Waals surface area contributed by atoms with E-state index < -0.39 is 5.97 Å². The molecule has 0 aliphatic carbocycles. The molecule has 0 radical (unpaired) electrons. The summed E-state index contributed by atoms with van der Waals surface area (Å²) in [7, 11) is 0. The quantitative estimate of drug-likeness (QED) is 0.739. The van der Waals surface area contributed by atoms with Gasteiger partial charge >= 0.3 is 5.97 Å². The third-order valence-electron chi connectivity index (χ3n) is 2.47. The van der Waals surface area contributed by atoms with Crippen molar-refractivity contribution in [1.82, 2.24) is 4.98 Å². The third kappa shape index (κ3) is 3.36. The van der Waals surface area contributed by atoms with Gasteiger partial charge in [0.1, 0.15) is 0 Å². The van der Waals surface area contributed by atoms with Crippen LogP contribution in [0.3, 0.4) is 0 Å². The number of carboxylic acids is 1. The van der Waals surface area contributed by atoms with Crippen LogP contribution in [0.25, 0.3) is 0 Å². The molecule has 0 saturated heterocycles. The number of rotatable bonds is 5. The van der Waals surface area contributed by atoms with Crippen LogP contribution < -0.4 is 11.1 Å². The molecule has 0 unspecified atom stereocenters. The van der Waals surface area contributed by atoms with E-state index in [0.29, 0.717) is 29.4 Å². The molecule has 2 rings (SSSR count). The Balaban J connectivity index is 2.12. The minimum absolute atomic E-state index is 0.0733. The Morgan fingerprint density at radius 1 is 1.53 bits per heavy atom. The third-order valence-corrected chi connectivity index (χ3v) is 3.60. The number of carbonyl (C=O) groups is 1. The molecule has 0 atom stereocenters. The number of aromatic nitrogens is 1. The van der Waals surface area contributed by atoms with E-state index in [1.54, 1.807) is 17.5 Å². The second kappa shape index (κ2) is 5.90. The van der Waals surface area contributed by atoms with Crippen LogP contribution in [-0.4, -0.2) is 22.6 Å². The van der Waals surface area contributed by atoms with Gasteiger partial charge in [0.2, 0.25) is 0 Å². The van der Waals surface area contributed by atoms with Crippen LogP contribution in [0.4, 0.5) is 11.4 Å². The van der Waals surface area contributed by atoms with E-state index in [1.807, 2.05) is 5.38 Å². The molecule has 5 nitrogen and oxygen atoms in total. The van der Waals surface area contributed by atoms with Gasteiger partial charge in [-0.05, 0) is 12.1 Å². The molecular formula is C12H12ClN3O2S. The van der Waals surface area contributed by atoms with E-state index in [1.165, 1.54) is 12.1 Å². The lowest BCUT2D eigenvalue weighted by Crippen LogP contribution is -2.10. The number of nitrogens with one attached hydrogen (secondary N) is 1. The number of carboxylic acid groups (broad SMARTS) is 1. The second-order valence-electron chi connectivity index (χ2n) is 3.83. The van der Waals surface area contributed by atoms with Gasteiger partial charge < -0.3 is 16.2 Å². The van der Waals surface area contributed by atoms with Gasteiger partial charge in [-0.15, -0.1) is 11.3 Å². The van der Waals surface area contributed by atoms with Crippen molar-refractivity contribution in [2.75, 3.05) is 17.6 Å². The smallest absolute Gasteiger partial charge is 0.337 e. The minimum atomic E-state index is -1.06. The molecule has 0 amide bonds. The molecule has 0 aliphatic heterocycles. The maximum Gasteiger partial charge on any atom is 0.337 e. The van der Waals surface area contributed by atoms with Crippen LogP contribution in [-0.2, 0) is 6.42 Å². The van der Waals surface area contributed by atoms with Crippen LogP contribution >= 0.6 is 22.9 Å². The van der Waals surface area contributed by atoms with Gasteiger partial charge in [0.25, 0.3) is 0 Å². The normalized spacial score (nSPS) is 10.4. The van der Waals surface area contributed by atoms with E-state index in [0.717, 1.165) is 5.01 Å². The number of hydrogen-bond donors (Lipinski definition) is 3. The topological polar surface area (TPSA) is 88.2 Å². The summed E-state index contributed by atoms with van der Waals surface area (Å²) in [6.07, 6.45) is 2.44. The monoisotopic (exact) mass is 297 g/mol. The lowest BCUT2D eigenvalue weighted by atomic mass is 10.1. The predicted molar refractivity (Wildman–Crippen MR) is 77.1 cm³/mol. The maximum absolute atomic E-state index is 11.2. The number of benzene rings is 1. The van der Waals surface area contributed by atoms with E-state index in [4.69, 9.17) is 22.4 Å². The highest BCUT2D eigenvalue weighted by atomic mass is 35.5. The summed E-state index contributed by atoms with van der Waals surface area (Å²) < 4.78 is 0. The number of nitrogens with zero attached hydrogens (tertiary/aromatic N) is 1. The molecule has 100 valence electrons. The Morgan fingerprint density at radius 2 is 2.32 bits per heavy atom. The standard InChI is InChI=1S/C12H12ClN3O2S/c13-9-6-7(14)5-8(12(17)18)11(9)16-2-1-10-15-3-4-19-10/h3-6,16H,1-2,14H2,(H,17,18). The van der Waals surface area contributed by atoms with Gasteiger partial charge in [0.05, 0.1) is 21.3 Å². The Labute approximate surface area is 119 Å². The van der Waals surface area contributed by atoms with Crippen molar-refractivity contribution in [3.05, 3.63) is 39.3 Å². The van der Waals surface area contributed by atoms with Crippen molar-refractivity contribution in [2.24, 2.45) is 0 Å². The van der Waals surface area contributed by atoms with E-state index in [-0.39, 0.29) is 5.56 Å². The number of aromatic carboxylic acids is 1. The van der Waals surface area contributed by atoms with Crippen LogP contribution in [0.2, 0.25) is 5.02 Å². The Kier molecular flexibility index (Phi) is 4.24. The summed E-state index contributed by atoms with van der Waals surface area (Å²) in [5.41, 5.74) is 6.38. The van der Waals surface area contributed by atoms with Crippen molar-refractivity contribution in [2.45, 2.75) is 6.42 Å². The lowest BCUT2D eigenvalue weighted by molar-refractivity contribution is 0.0698. The number of nitrogens with two attached hydrogens (primary N) is 1. The van der Waals surface area contributed by atoms with Gasteiger partial charge in [-0.25, -0.2) is 9.78 Å². The van der Waals surface area contributed by atoms with Gasteiger partial charge in [-0.2, -0.15) is 0 Å². The van der Waals surface area contributed by atoms with Crippen molar-refractivity contribution in [3.8, 4) is 0 Å². The highest BCUT2D eigenvalue weighted by Crippen LogP contribution is 2.29. The molecular weight excluding hydrogens is 286 g/mol. The molecule has 1 aromatic heterocycles. The SMILES string of the molecule is Nc1cc(Cl)c(NCCc2nccs2)c(C(=O)O)c1. The fraction of sp³-hybridized carbons (Fsp3) is 0.167. The molecule has 2 aromatic rings. The first-order chi connectivity index (χ1) is 9.08. The van der Waals surface area contributed by atoms with Gasteiger partial charge in [0, 0.05) is 30.2 Å². The van der Waals surface area contributed by atoms with Crippen LogP contribution in [0.5, 0.6) is 0 Å². The lowest BCUT2D eigenvalue weighted by Gasteiger charge is -2.12. The number of halogens is 1. The van der Waals surface area contributed by atoms with Crippen LogP contribution in [0.15, 0.2) is 23.7 Å². The number of thiazole rings is 1. The summed E-state index contributed by atoms with van der Waals surface area (Å²) in [5.74, 6) is -1.06. The van der Waals surface area contributed by atoms with Gasteiger partial charge in [-0.3, -0.25) is 0 Å². The first kappa shape index (κ1) is 13.6. The average Bonchev–Trinajstić information content (AvgIpc) is 2.84. The minimum Gasteiger partial charge on any atom is -0.478 e. The van der Waals surface area contributed by atoms with Crippen LogP contribution in [0, 0.1) is 0 Å². The molecule has 0 aliphatic rings. The largest absolute Gasteiger partial charge is 0.478 e. The van der Waals surface area contributed by atoms with Crippen molar-refractivity contribution < 1.29 is 9.90 Å². The Bertz CT molecular complexity index is 587.